The summed E-state index contributed by atoms with van der Waals surface area (Å²) in [6.45, 7) is 5.17. The van der Waals surface area contributed by atoms with E-state index < -0.39 is 0 Å². The van der Waals surface area contributed by atoms with Gasteiger partial charge in [0.2, 0.25) is 5.95 Å². The van der Waals surface area contributed by atoms with E-state index in [0.29, 0.717) is 6.04 Å². The Labute approximate surface area is 116 Å². The van der Waals surface area contributed by atoms with E-state index in [4.69, 9.17) is 0 Å². The Morgan fingerprint density at radius 3 is 2.74 bits per heavy atom. The van der Waals surface area contributed by atoms with Crippen molar-refractivity contribution < 1.29 is 0 Å². The van der Waals surface area contributed by atoms with Gasteiger partial charge in [-0.05, 0) is 26.2 Å². The minimum atomic E-state index is 0.640. The average Bonchev–Trinajstić information content (AvgIpc) is 2.46. The van der Waals surface area contributed by atoms with Crippen molar-refractivity contribution in [2.45, 2.75) is 58.4 Å². The van der Waals surface area contributed by atoms with Crippen LogP contribution in [0.25, 0.3) is 0 Å². The smallest absolute Gasteiger partial charge is 0.224 e. The molecule has 1 aliphatic carbocycles. The minimum Gasteiger partial charge on any atom is -0.356 e. The number of hydrogen-bond acceptors (Lipinski definition) is 4. The van der Waals surface area contributed by atoms with Crippen LogP contribution in [0.15, 0.2) is 6.20 Å². The number of hydrogen-bond donors (Lipinski definition) is 1. The number of rotatable bonds is 5. The van der Waals surface area contributed by atoms with E-state index in [-0.39, 0.29) is 0 Å². The molecule has 0 atom stereocenters. The van der Waals surface area contributed by atoms with Crippen molar-refractivity contribution in [2.75, 3.05) is 23.8 Å². The van der Waals surface area contributed by atoms with Crippen LogP contribution in [-0.4, -0.2) is 29.6 Å². The lowest BCUT2D eigenvalue weighted by atomic mass is 9.94. The molecule has 0 aliphatic heterocycles. The molecular weight excluding hydrogens is 236 g/mol. The summed E-state index contributed by atoms with van der Waals surface area (Å²) in [6.07, 6.45) is 9.68. The summed E-state index contributed by atoms with van der Waals surface area (Å²) in [6, 6.07) is 0.640. The maximum atomic E-state index is 4.69. The zero-order valence-corrected chi connectivity index (χ0v) is 12.4. The van der Waals surface area contributed by atoms with Crippen LogP contribution in [0.2, 0.25) is 0 Å². The molecule has 0 radical (unpaired) electrons. The molecule has 0 saturated heterocycles. The summed E-state index contributed by atoms with van der Waals surface area (Å²) in [5.41, 5.74) is 1.16. The van der Waals surface area contributed by atoms with Crippen LogP contribution < -0.4 is 10.2 Å². The molecule has 2 rings (SSSR count). The van der Waals surface area contributed by atoms with Crippen molar-refractivity contribution in [3.63, 3.8) is 0 Å². The molecule has 0 unspecified atom stereocenters. The molecule has 1 N–H and O–H groups in total. The summed E-state index contributed by atoms with van der Waals surface area (Å²) in [5.74, 6) is 1.84. The predicted molar refractivity (Wildman–Crippen MR) is 80.8 cm³/mol. The van der Waals surface area contributed by atoms with Gasteiger partial charge in [-0.1, -0.05) is 26.2 Å². The second-order valence-corrected chi connectivity index (χ2v) is 5.53. The molecule has 1 aromatic heterocycles. The molecule has 1 heterocycles. The van der Waals surface area contributed by atoms with Crippen LogP contribution in [0, 0.1) is 6.92 Å². The fourth-order valence-corrected chi connectivity index (χ4v) is 2.75. The van der Waals surface area contributed by atoms with Crippen molar-refractivity contribution in [1.29, 1.82) is 0 Å². The van der Waals surface area contributed by atoms with Gasteiger partial charge in [-0.25, -0.2) is 4.98 Å². The molecule has 0 aromatic carbocycles. The van der Waals surface area contributed by atoms with Crippen molar-refractivity contribution in [1.82, 2.24) is 9.97 Å². The normalized spacial score (nSPS) is 16.4. The van der Waals surface area contributed by atoms with E-state index in [1.54, 1.807) is 0 Å². The lowest BCUT2D eigenvalue weighted by Crippen LogP contribution is -2.34. The molecule has 1 saturated carbocycles. The van der Waals surface area contributed by atoms with Gasteiger partial charge in [-0.2, -0.15) is 4.98 Å². The van der Waals surface area contributed by atoms with E-state index in [0.717, 1.165) is 30.3 Å². The molecule has 1 aromatic rings. The third kappa shape index (κ3) is 3.58. The van der Waals surface area contributed by atoms with Crippen LogP contribution in [0.4, 0.5) is 11.8 Å². The molecule has 106 valence electrons. The number of nitrogens with zero attached hydrogens (tertiary/aromatic N) is 3. The summed E-state index contributed by atoms with van der Waals surface area (Å²) in [5, 5.41) is 3.27. The number of aryl methyl sites for hydroxylation is 1. The molecule has 1 fully saturated rings. The van der Waals surface area contributed by atoms with Gasteiger partial charge in [0.25, 0.3) is 0 Å². The fourth-order valence-electron chi connectivity index (χ4n) is 2.75. The van der Waals surface area contributed by atoms with Gasteiger partial charge < -0.3 is 10.2 Å². The largest absolute Gasteiger partial charge is 0.356 e. The minimum absolute atomic E-state index is 0.640. The van der Waals surface area contributed by atoms with E-state index in [1.165, 1.54) is 32.1 Å². The van der Waals surface area contributed by atoms with Crippen LogP contribution in [0.5, 0.6) is 0 Å². The third-order valence-electron chi connectivity index (χ3n) is 3.93. The summed E-state index contributed by atoms with van der Waals surface area (Å²) in [7, 11) is 2.18. The van der Waals surface area contributed by atoms with Crippen molar-refractivity contribution in [3.8, 4) is 0 Å². The topological polar surface area (TPSA) is 41.1 Å². The molecule has 19 heavy (non-hydrogen) atoms. The number of aromatic nitrogens is 2. The van der Waals surface area contributed by atoms with Crippen molar-refractivity contribution in [3.05, 3.63) is 11.8 Å². The zero-order chi connectivity index (χ0) is 13.7. The standard InChI is InChI=1S/C15H26N4/c1-4-10-16-15-17-11-12(2)14(18-15)19(3)13-8-6-5-7-9-13/h11,13H,4-10H2,1-3H3,(H,16,17,18). The second kappa shape index (κ2) is 6.73. The molecule has 1 aliphatic rings. The first-order valence-electron chi connectivity index (χ1n) is 7.52. The maximum absolute atomic E-state index is 4.69. The van der Waals surface area contributed by atoms with Crippen LogP contribution in [-0.2, 0) is 0 Å². The molecule has 0 spiro atoms. The SMILES string of the molecule is CCCNc1ncc(C)c(N(C)C2CCCCC2)n1. The Morgan fingerprint density at radius 1 is 1.32 bits per heavy atom. The van der Waals surface area contributed by atoms with Crippen molar-refractivity contribution in [2.24, 2.45) is 0 Å². The lowest BCUT2D eigenvalue weighted by Gasteiger charge is -2.33. The first-order valence-corrected chi connectivity index (χ1v) is 7.52. The summed E-state index contributed by atoms with van der Waals surface area (Å²) in [4.78, 5) is 11.4. The highest BCUT2D eigenvalue weighted by Gasteiger charge is 2.20. The number of nitrogens with one attached hydrogen (secondary N) is 1. The van der Waals surface area contributed by atoms with E-state index in [2.05, 4.69) is 41.1 Å². The quantitative estimate of drug-likeness (QED) is 0.883. The lowest BCUT2D eigenvalue weighted by molar-refractivity contribution is 0.425. The second-order valence-electron chi connectivity index (χ2n) is 5.53. The van der Waals surface area contributed by atoms with Gasteiger partial charge in [0.05, 0.1) is 0 Å². The Balaban J connectivity index is 2.12. The van der Waals surface area contributed by atoms with E-state index in [1.807, 2.05) is 6.20 Å². The van der Waals surface area contributed by atoms with Gasteiger partial charge in [0.15, 0.2) is 0 Å². The highest BCUT2D eigenvalue weighted by Crippen LogP contribution is 2.27. The molecule has 0 bridgehead atoms. The first kappa shape index (κ1) is 14.1. The fraction of sp³-hybridized carbons (Fsp3) is 0.733. The van der Waals surface area contributed by atoms with Gasteiger partial charge in [0, 0.05) is 31.4 Å². The van der Waals surface area contributed by atoms with Crippen LogP contribution >= 0.6 is 0 Å². The average molecular weight is 262 g/mol. The molecule has 4 nitrogen and oxygen atoms in total. The highest BCUT2D eigenvalue weighted by atomic mass is 15.2. The van der Waals surface area contributed by atoms with E-state index in [9.17, 15) is 0 Å². The third-order valence-corrected chi connectivity index (χ3v) is 3.93. The Bertz CT molecular complexity index is 399. The van der Waals surface area contributed by atoms with Gasteiger partial charge >= 0.3 is 0 Å². The zero-order valence-electron chi connectivity index (χ0n) is 12.4. The monoisotopic (exact) mass is 262 g/mol. The van der Waals surface area contributed by atoms with Crippen LogP contribution in [0.3, 0.4) is 0 Å². The molecule has 0 amide bonds. The Hall–Kier alpha value is -1.32. The Morgan fingerprint density at radius 2 is 2.05 bits per heavy atom. The molecule has 4 heteroatoms. The Kier molecular flexibility index (Phi) is 5.00. The van der Waals surface area contributed by atoms with Gasteiger partial charge in [0.1, 0.15) is 5.82 Å². The summed E-state index contributed by atoms with van der Waals surface area (Å²) < 4.78 is 0. The van der Waals surface area contributed by atoms with E-state index >= 15 is 0 Å². The number of anilines is 2. The van der Waals surface area contributed by atoms with Crippen LogP contribution in [0.1, 0.15) is 51.0 Å². The predicted octanol–water partition coefficient (Wildman–Crippen LogP) is 3.38. The van der Waals surface area contributed by atoms with Gasteiger partial charge in [-0.3, -0.25) is 0 Å². The van der Waals surface area contributed by atoms with Crippen molar-refractivity contribution >= 4 is 11.8 Å². The maximum Gasteiger partial charge on any atom is 0.224 e. The summed E-state index contributed by atoms with van der Waals surface area (Å²) >= 11 is 0. The van der Waals surface area contributed by atoms with Gasteiger partial charge in [-0.15, -0.1) is 0 Å². The highest BCUT2D eigenvalue weighted by molar-refractivity contribution is 5.49. The first-order chi connectivity index (χ1) is 9.22. The molecular formula is C15H26N4.